The summed E-state index contributed by atoms with van der Waals surface area (Å²) in [6, 6.07) is 24.0. The molecule has 1 amide bonds. The Morgan fingerprint density at radius 2 is 1.85 bits per heavy atom. The first-order valence-electron chi connectivity index (χ1n) is 11.6. The van der Waals surface area contributed by atoms with Crippen LogP contribution in [-0.4, -0.2) is 22.1 Å². The van der Waals surface area contributed by atoms with Gasteiger partial charge in [-0.25, -0.2) is 4.98 Å². The first-order valence-corrected chi connectivity index (χ1v) is 11.6. The lowest BCUT2D eigenvalue weighted by Crippen LogP contribution is -2.25. The second kappa shape index (κ2) is 10.3. The van der Waals surface area contributed by atoms with Gasteiger partial charge < -0.3 is 14.6 Å². The van der Waals surface area contributed by atoms with E-state index in [-0.39, 0.29) is 5.91 Å². The zero-order valence-electron chi connectivity index (χ0n) is 19.5. The molecule has 5 heteroatoms. The molecule has 5 nitrogen and oxygen atoms in total. The predicted molar refractivity (Wildman–Crippen MR) is 133 cm³/mol. The Balaban J connectivity index is 1.44. The Morgan fingerprint density at radius 1 is 1.06 bits per heavy atom. The molecule has 170 valence electrons. The molecule has 0 bridgehead atoms. The van der Waals surface area contributed by atoms with Gasteiger partial charge in [0.1, 0.15) is 18.2 Å². The quantitative estimate of drug-likeness (QED) is 0.354. The molecule has 0 saturated carbocycles. The Kier molecular flexibility index (Phi) is 7.08. The Bertz CT molecular complexity index is 1230. The molecule has 0 aliphatic heterocycles. The highest BCUT2D eigenvalue weighted by molar-refractivity contribution is 5.94. The van der Waals surface area contributed by atoms with Crippen LogP contribution >= 0.6 is 0 Å². The summed E-state index contributed by atoms with van der Waals surface area (Å²) < 4.78 is 8.15. The fourth-order valence-electron chi connectivity index (χ4n) is 3.94. The van der Waals surface area contributed by atoms with Crippen molar-refractivity contribution < 1.29 is 9.53 Å². The van der Waals surface area contributed by atoms with Crippen LogP contribution in [0.3, 0.4) is 0 Å². The minimum atomic E-state index is -0.102. The van der Waals surface area contributed by atoms with Crippen molar-refractivity contribution in [3.8, 4) is 5.75 Å². The maximum absolute atomic E-state index is 12.6. The molecule has 0 aliphatic rings. The van der Waals surface area contributed by atoms with E-state index in [1.165, 1.54) is 5.56 Å². The number of aromatic nitrogens is 2. The van der Waals surface area contributed by atoms with Gasteiger partial charge >= 0.3 is 0 Å². The lowest BCUT2D eigenvalue weighted by atomic mass is 9.99. The van der Waals surface area contributed by atoms with Crippen molar-refractivity contribution >= 4 is 16.9 Å². The van der Waals surface area contributed by atoms with E-state index < -0.39 is 0 Å². The monoisotopic (exact) mass is 441 g/mol. The molecule has 3 aromatic carbocycles. The molecule has 1 unspecified atom stereocenters. The van der Waals surface area contributed by atoms with Crippen LogP contribution in [0.4, 0.5) is 0 Å². The van der Waals surface area contributed by atoms with Gasteiger partial charge in [-0.15, -0.1) is 0 Å². The maximum atomic E-state index is 12.6. The van der Waals surface area contributed by atoms with E-state index in [1.54, 1.807) is 0 Å². The van der Waals surface area contributed by atoms with Crippen LogP contribution in [0, 0.1) is 6.92 Å². The summed E-state index contributed by atoms with van der Waals surface area (Å²) in [6.07, 6.45) is 1.12. The van der Waals surface area contributed by atoms with E-state index >= 15 is 0 Å². The third kappa shape index (κ3) is 5.43. The van der Waals surface area contributed by atoms with Crippen molar-refractivity contribution in [3.63, 3.8) is 0 Å². The molecular weight excluding hydrogens is 410 g/mol. The fourth-order valence-corrected chi connectivity index (χ4v) is 3.94. The second-order valence-corrected chi connectivity index (χ2v) is 8.45. The zero-order chi connectivity index (χ0) is 23.2. The number of ether oxygens (including phenoxy) is 1. The molecule has 4 aromatic rings. The van der Waals surface area contributed by atoms with Gasteiger partial charge in [-0.3, -0.25) is 4.79 Å². The van der Waals surface area contributed by atoms with E-state index in [1.807, 2.05) is 61.5 Å². The van der Waals surface area contributed by atoms with Gasteiger partial charge in [0, 0.05) is 5.56 Å². The van der Waals surface area contributed by atoms with Gasteiger partial charge in [-0.05, 0) is 61.2 Å². The predicted octanol–water partition coefficient (Wildman–Crippen LogP) is 5.87. The first kappa shape index (κ1) is 22.6. The second-order valence-electron chi connectivity index (χ2n) is 8.45. The largest absolute Gasteiger partial charge is 0.492 e. The van der Waals surface area contributed by atoms with E-state index in [0.717, 1.165) is 34.6 Å². The summed E-state index contributed by atoms with van der Waals surface area (Å²) in [5.74, 6) is 2.12. The lowest BCUT2D eigenvalue weighted by molar-refractivity contribution is 0.0949. The molecule has 33 heavy (non-hydrogen) atoms. The Hall–Kier alpha value is -3.60. The summed E-state index contributed by atoms with van der Waals surface area (Å²) in [5, 5.41) is 3.01. The van der Waals surface area contributed by atoms with Crippen LogP contribution in [0.25, 0.3) is 11.0 Å². The number of hydrogen-bond donors (Lipinski definition) is 1. The number of benzene rings is 3. The van der Waals surface area contributed by atoms with E-state index in [9.17, 15) is 4.79 Å². The number of rotatable bonds is 9. The third-order valence-electron chi connectivity index (χ3n) is 6.07. The fraction of sp³-hybridized carbons (Fsp3) is 0.286. The smallest absolute Gasteiger partial charge is 0.251 e. The van der Waals surface area contributed by atoms with E-state index in [2.05, 4.69) is 41.9 Å². The van der Waals surface area contributed by atoms with Crippen LogP contribution in [0.2, 0.25) is 0 Å². The topological polar surface area (TPSA) is 56.1 Å². The average Bonchev–Trinajstić information content (AvgIpc) is 3.20. The van der Waals surface area contributed by atoms with Gasteiger partial charge in [0.25, 0.3) is 5.91 Å². The number of amides is 1. The number of para-hydroxylation sites is 2. The SMILES string of the molecule is CCC(C)c1ccc(OCCn2c(CNC(=O)c3cccc(C)c3)nc3ccccc32)cc1. The first-order chi connectivity index (χ1) is 16.0. The zero-order valence-corrected chi connectivity index (χ0v) is 19.5. The molecule has 1 N–H and O–H groups in total. The van der Waals surface area contributed by atoms with Gasteiger partial charge in [-0.1, -0.05) is 55.8 Å². The molecule has 4 rings (SSSR count). The van der Waals surface area contributed by atoms with Gasteiger partial charge in [0.2, 0.25) is 0 Å². The minimum absolute atomic E-state index is 0.102. The Labute approximate surface area is 195 Å². The van der Waals surface area contributed by atoms with Crippen LogP contribution in [0.1, 0.15) is 53.5 Å². The van der Waals surface area contributed by atoms with Crippen LogP contribution < -0.4 is 10.1 Å². The normalized spacial score (nSPS) is 12.0. The minimum Gasteiger partial charge on any atom is -0.492 e. The molecule has 1 atom stereocenters. The maximum Gasteiger partial charge on any atom is 0.251 e. The number of nitrogens with zero attached hydrogens (tertiary/aromatic N) is 2. The average molecular weight is 442 g/mol. The summed E-state index contributed by atoms with van der Waals surface area (Å²) in [6.45, 7) is 7.93. The number of hydrogen-bond acceptors (Lipinski definition) is 3. The van der Waals surface area contributed by atoms with Crippen molar-refractivity contribution in [3.05, 3.63) is 95.3 Å². The summed E-state index contributed by atoms with van der Waals surface area (Å²) >= 11 is 0. The molecular formula is C28H31N3O2. The van der Waals surface area contributed by atoms with Gasteiger partial charge in [0.05, 0.1) is 24.1 Å². The third-order valence-corrected chi connectivity index (χ3v) is 6.07. The van der Waals surface area contributed by atoms with Gasteiger partial charge in [-0.2, -0.15) is 0 Å². The number of nitrogens with one attached hydrogen (secondary N) is 1. The van der Waals surface area contributed by atoms with Crippen molar-refractivity contribution in [2.75, 3.05) is 6.61 Å². The van der Waals surface area contributed by atoms with Crippen LogP contribution in [0.15, 0.2) is 72.8 Å². The van der Waals surface area contributed by atoms with Gasteiger partial charge in [0.15, 0.2) is 0 Å². The molecule has 0 fully saturated rings. The number of imidazole rings is 1. The number of fused-ring (bicyclic) bond motifs is 1. The highest BCUT2D eigenvalue weighted by Gasteiger charge is 2.13. The highest BCUT2D eigenvalue weighted by Crippen LogP contribution is 2.22. The van der Waals surface area contributed by atoms with E-state index in [4.69, 9.17) is 9.72 Å². The summed E-state index contributed by atoms with van der Waals surface area (Å²) in [7, 11) is 0. The summed E-state index contributed by atoms with van der Waals surface area (Å²) in [4.78, 5) is 17.4. The Morgan fingerprint density at radius 3 is 2.61 bits per heavy atom. The highest BCUT2D eigenvalue weighted by atomic mass is 16.5. The van der Waals surface area contributed by atoms with Crippen molar-refractivity contribution in [2.45, 2.75) is 46.2 Å². The van der Waals surface area contributed by atoms with Crippen LogP contribution in [0.5, 0.6) is 5.75 Å². The van der Waals surface area contributed by atoms with E-state index in [0.29, 0.717) is 31.2 Å². The molecule has 0 spiro atoms. The number of aryl methyl sites for hydroxylation is 1. The lowest BCUT2D eigenvalue weighted by Gasteiger charge is -2.13. The number of carbonyl (C=O) groups excluding carboxylic acids is 1. The molecule has 0 saturated heterocycles. The summed E-state index contributed by atoms with van der Waals surface area (Å²) in [5.41, 5.74) is 4.99. The standard InChI is InChI=1S/C28H31N3O2/c1-4-21(3)22-12-14-24(15-13-22)33-17-16-31-26-11-6-5-10-25(26)30-27(31)19-29-28(32)23-9-7-8-20(2)18-23/h5-15,18,21H,4,16-17,19H2,1-3H3,(H,29,32). The number of carbonyl (C=O) groups is 1. The van der Waals surface area contributed by atoms with Crippen molar-refractivity contribution in [1.82, 2.24) is 14.9 Å². The van der Waals surface area contributed by atoms with Crippen molar-refractivity contribution in [1.29, 1.82) is 0 Å². The van der Waals surface area contributed by atoms with Crippen molar-refractivity contribution in [2.24, 2.45) is 0 Å². The molecule has 0 aliphatic carbocycles. The molecule has 0 radical (unpaired) electrons. The molecule has 1 heterocycles. The molecule has 1 aromatic heterocycles. The van der Waals surface area contributed by atoms with Crippen LogP contribution in [-0.2, 0) is 13.1 Å².